The molecule has 0 amide bonds. The van der Waals surface area contributed by atoms with Crippen LogP contribution in [0, 0.1) is 5.92 Å². The number of hydrogen-bond donors (Lipinski definition) is 0. The summed E-state index contributed by atoms with van der Waals surface area (Å²) in [7, 11) is 0. The van der Waals surface area contributed by atoms with Gasteiger partial charge in [0, 0.05) is 12.5 Å². The van der Waals surface area contributed by atoms with Gasteiger partial charge in [0.05, 0.1) is 12.6 Å². The second-order valence-corrected chi connectivity index (χ2v) is 5.28. The first-order valence-electron chi connectivity index (χ1n) is 6.33. The van der Waals surface area contributed by atoms with Gasteiger partial charge in [-0.1, -0.05) is 13.8 Å². The van der Waals surface area contributed by atoms with Gasteiger partial charge in [-0.05, 0) is 37.3 Å². The number of aromatic nitrogens is 3. The van der Waals surface area contributed by atoms with Gasteiger partial charge >= 0.3 is 0 Å². The molecule has 17 heavy (non-hydrogen) atoms. The predicted octanol–water partition coefficient (Wildman–Crippen LogP) is 3.04. The van der Waals surface area contributed by atoms with E-state index in [4.69, 9.17) is 16.3 Å². The van der Waals surface area contributed by atoms with Crippen LogP contribution in [-0.4, -0.2) is 28.0 Å². The molecule has 0 aromatic carbocycles. The van der Waals surface area contributed by atoms with Gasteiger partial charge in [-0.25, -0.2) is 0 Å². The van der Waals surface area contributed by atoms with E-state index in [0.29, 0.717) is 23.7 Å². The first kappa shape index (κ1) is 12.8. The predicted molar refractivity (Wildman–Crippen MR) is 67.4 cm³/mol. The van der Waals surface area contributed by atoms with E-state index in [0.717, 1.165) is 12.4 Å². The minimum Gasteiger partial charge on any atom is -0.380 e. The Labute approximate surface area is 107 Å². The summed E-state index contributed by atoms with van der Waals surface area (Å²) in [5.74, 6) is 2.04. The van der Waals surface area contributed by atoms with Crippen molar-refractivity contribution in [3.63, 3.8) is 0 Å². The van der Waals surface area contributed by atoms with Gasteiger partial charge in [-0.15, -0.1) is 10.2 Å². The maximum absolute atomic E-state index is 6.17. The fraction of sp³-hybridized carbons (Fsp3) is 0.833. The zero-order chi connectivity index (χ0) is 12.4. The Bertz CT molecular complexity index is 374. The van der Waals surface area contributed by atoms with Crippen molar-refractivity contribution in [2.75, 3.05) is 13.2 Å². The molecule has 96 valence electrons. The summed E-state index contributed by atoms with van der Waals surface area (Å²) in [4.78, 5) is 0. The molecule has 1 unspecified atom stereocenters. The van der Waals surface area contributed by atoms with Crippen LogP contribution in [0.5, 0.6) is 0 Å². The third-order valence-electron chi connectivity index (χ3n) is 3.22. The van der Waals surface area contributed by atoms with Crippen LogP contribution in [0.2, 0.25) is 5.28 Å². The van der Waals surface area contributed by atoms with Gasteiger partial charge in [0.15, 0.2) is 0 Å². The normalized spacial score (nSPS) is 17.7. The topological polar surface area (TPSA) is 39.9 Å². The lowest BCUT2D eigenvalue weighted by molar-refractivity contribution is 0.0952. The van der Waals surface area contributed by atoms with E-state index in [9.17, 15) is 0 Å². The third-order valence-corrected chi connectivity index (χ3v) is 3.47. The summed E-state index contributed by atoms with van der Waals surface area (Å²) in [5, 5.41) is 8.72. The van der Waals surface area contributed by atoms with E-state index in [-0.39, 0.29) is 6.04 Å². The highest BCUT2D eigenvalue weighted by Gasteiger charge is 2.33. The molecule has 0 spiro atoms. The van der Waals surface area contributed by atoms with Gasteiger partial charge in [-0.2, -0.15) is 0 Å². The van der Waals surface area contributed by atoms with Crippen LogP contribution in [0.1, 0.15) is 51.4 Å². The Balaban J connectivity index is 2.24. The summed E-state index contributed by atoms with van der Waals surface area (Å²) >= 11 is 6.17. The Morgan fingerprint density at radius 1 is 1.41 bits per heavy atom. The lowest BCUT2D eigenvalue weighted by Crippen LogP contribution is -2.23. The molecule has 1 aromatic heterocycles. The molecule has 2 rings (SSSR count). The summed E-state index contributed by atoms with van der Waals surface area (Å²) < 4.78 is 7.62. The van der Waals surface area contributed by atoms with Crippen molar-refractivity contribution in [3.05, 3.63) is 11.1 Å². The molecule has 1 saturated carbocycles. The van der Waals surface area contributed by atoms with Gasteiger partial charge in [0.2, 0.25) is 5.28 Å². The average Bonchev–Trinajstić information content (AvgIpc) is 3.05. The highest BCUT2D eigenvalue weighted by atomic mass is 35.5. The van der Waals surface area contributed by atoms with Gasteiger partial charge in [0.1, 0.15) is 5.82 Å². The van der Waals surface area contributed by atoms with Gasteiger partial charge < -0.3 is 4.74 Å². The standard InChI is InChI=1S/C12H20ClN3O/c1-4-17-7-10(8(2)3)16-11(9-5-6-9)14-15-12(16)13/h8-10H,4-7H2,1-3H3. The molecule has 0 saturated heterocycles. The quantitative estimate of drug-likeness (QED) is 0.786. The number of nitrogens with zero attached hydrogens (tertiary/aromatic N) is 3. The maximum atomic E-state index is 6.17. The molecule has 0 aliphatic heterocycles. The SMILES string of the molecule is CCOCC(C(C)C)n1c(Cl)nnc1C1CC1. The molecule has 4 nitrogen and oxygen atoms in total. The Kier molecular flexibility index (Phi) is 4.05. The summed E-state index contributed by atoms with van der Waals surface area (Å²) in [6, 6.07) is 0.230. The van der Waals surface area contributed by atoms with Crippen molar-refractivity contribution >= 4 is 11.6 Å². The van der Waals surface area contributed by atoms with Gasteiger partial charge in [-0.3, -0.25) is 4.57 Å². The van der Waals surface area contributed by atoms with Crippen LogP contribution in [0.4, 0.5) is 0 Å². The summed E-state index contributed by atoms with van der Waals surface area (Å²) in [6.45, 7) is 7.76. The molecule has 1 heterocycles. The second-order valence-electron chi connectivity index (χ2n) is 4.94. The Morgan fingerprint density at radius 2 is 2.12 bits per heavy atom. The van der Waals surface area contributed by atoms with Crippen LogP contribution in [-0.2, 0) is 4.74 Å². The molecule has 1 aliphatic rings. The Hall–Kier alpha value is -0.610. The van der Waals surface area contributed by atoms with E-state index >= 15 is 0 Å². The molecule has 1 fully saturated rings. The van der Waals surface area contributed by atoms with E-state index in [1.165, 1.54) is 12.8 Å². The van der Waals surface area contributed by atoms with Crippen molar-refractivity contribution in [1.82, 2.24) is 14.8 Å². The largest absolute Gasteiger partial charge is 0.380 e. The molecule has 0 N–H and O–H groups in total. The average molecular weight is 258 g/mol. The van der Waals surface area contributed by atoms with Gasteiger partial charge in [0.25, 0.3) is 0 Å². The monoisotopic (exact) mass is 257 g/mol. The summed E-state index contributed by atoms with van der Waals surface area (Å²) in [6.07, 6.45) is 2.41. The second kappa shape index (κ2) is 5.36. The number of halogens is 1. The fourth-order valence-electron chi connectivity index (χ4n) is 2.01. The minimum absolute atomic E-state index is 0.230. The van der Waals surface area contributed by atoms with Crippen LogP contribution in [0.15, 0.2) is 0 Å². The summed E-state index contributed by atoms with van der Waals surface area (Å²) in [5.41, 5.74) is 0. The van der Waals surface area contributed by atoms with Crippen molar-refractivity contribution < 1.29 is 4.74 Å². The molecule has 1 aromatic rings. The van der Waals surface area contributed by atoms with Crippen LogP contribution in [0.3, 0.4) is 0 Å². The molecule has 5 heteroatoms. The molecule has 0 radical (unpaired) electrons. The number of hydrogen-bond acceptors (Lipinski definition) is 3. The van der Waals surface area contributed by atoms with E-state index in [1.807, 2.05) is 6.92 Å². The minimum atomic E-state index is 0.230. The van der Waals surface area contributed by atoms with Crippen molar-refractivity contribution in [2.45, 2.75) is 45.6 Å². The third kappa shape index (κ3) is 2.80. The Morgan fingerprint density at radius 3 is 2.65 bits per heavy atom. The van der Waals surface area contributed by atoms with E-state index in [1.54, 1.807) is 0 Å². The molecule has 1 atom stereocenters. The lowest BCUT2D eigenvalue weighted by atomic mass is 10.0. The highest BCUT2D eigenvalue weighted by Crippen LogP contribution is 2.41. The van der Waals surface area contributed by atoms with Crippen molar-refractivity contribution in [2.24, 2.45) is 5.92 Å². The van der Waals surface area contributed by atoms with Crippen LogP contribution in [0.25, 0.3) is 0 Å². The zero-order valence-electron chi connectivity index (χ0n) is 10.7. The lowest BCUT2D eigenvalue weighted by Gasteiger charge is -2.24. The molecule has 1 aliphatic carbocycles. The molecular weight excluding hydrogens is 238 g/mol. The smallest absolute Gasteiger partial charge is 0.225 e. The maximum Gasteiger partial charge on any atom is 0.225 e. The fourth-order valence-corrected chi connectivity index (χ4v) is 2.26. The van der Waals surface area contributed by atoms with Crippen molar-refractivity contribution in [1.29, 1.82) is 0 Å². The highest BCUT2D eigenvalue weighted by molar-refractivity contribution is 6.28. The van der Waals surface area contributed by atoms with Crippen molar-refractivity contribution in [3.8, 4) is 0 Å². The van der Waals surface area contributed by atoms with E-state index < -0.39 is 0 Å². The van der Waals surface area contributed by atoms with Crippen LogP contribution < -0.4 is 0 Å². The van der Waals surface area contributed by atoms with Crippen LogP contribution >= 0.6 is 11.6 Å². The first-order chi connectivity index (χ1) is 8.15. The number of ether oxygens (including phenoxy) is 1. The number of rotatable bonds is 6. The zero-order valence-corrected chi connectivity index (χ0v) is 11.4. The molecular formula is C12H20ClN3O. The first-order valence-corrected chi connectivity index (χ1v) is 6.71. The van der Waals surface area contributed by atoms with E-state index in [2.05, 4.69) is 28.6 Å². The molecule has 0 bridgehead atoms.